The molecule has 2 N–H and O–H groups in total. The van der Waals surface area contributed by atoms with Gasteiger partial charge in [0.15, 0.2) is 0 Å². The number of rotatable bonds is 3. The summed E-state index contributed by atoms with van der Waals surface area (Å²) >= 11 is 0. The SMILES string of the molecule is O=C(Nc1cccc(C2=NCCCN2)c1)C1CC1. The topological polar surface area (TPSA) is 53.5 Å². The summed E-state index contributed by atoms with van der Waals surface area (Å²) in [6.45, 7) is 1.85. The van der Waals surface area contributed by atoms with Gasteiger partial charge in [-0.3, -0.25) is 9.79 Å². The Labute approximate surface area is 106 Å². The van der Waals surface area contributed by atoms with Gasteiger partial charge in [0.1, 0.15) is 5.84 Å². The Kier molecular flexibility index (Phi) is 3.00. The molecule has 1 aromatic carbocycles. The monoisotopic (exact) mass is 243 g/mol. The molecule has 0 radical (unpaired) electrons. The maximum absolute atomic E-state index is 11.7. The van der Waals surface area contributed by atoms with E-state index in [4.69, 9.17) is 0 Å². The van der Waals surface area contributed by atoms with Crippen LogP contribution in [-0.4, -0.2) is 24.8 Å². The number of nitrogens with zero attached hydrogens (tertiary/aromatic N) is 1. The lowest BCUT2D eigenvalue weighted by Crippen LogP contribution is -2.30. The minimum absolute atomic E-state index is 0.144. The molecule has 1 saturated carbocycles. The first-order valence-corrected chi connectivity index (χ1v) is 6.52. The van der Waals surface area contributed by atoms with E-state index in [1.54, 1.807) is 0 Å². The first kappa shape index (κ1) is 11.3. The molecule has 0 unspecified atom stereocenters. The minimum Gasteiger partial charge on any atom is -0.370 e. The van der Waals surface area contributed by atoms with E-state index >= 15 is 0 Å². The van der Waals surface area contributed by atoms with Crippen molar-refractivity contribution in [2.24, 2.45) is 10.9 Å². The molecule has 1 heterocycles. The first-order chi connectivity index (χ1) is 8.83. The number of anilines is 1. The van der Waals surface area contributed by atoms with Crippen molar-refractivity contribution in [1.82, 2.24) is 5.32 Å². The van der Waals surface area contributed by atoms with Crippen LogP contribution in [0.3, 0.4) is 0 Å². The predicted molar refractivity (Wildman–Crippen MR) is 71.8 cm³/mol. The molecule has 1 fully saturated rings. The highest BCUT2D eigenvalue weighted by Gasteiger charge is 2.29. The van der Waals surface area contributed by atoms with Gasteiger partial charge in [-0.2, -0.15) is 0 Å². The minimum atomic E-state index is 0.144. The summed E-state index contributed by atoms with van der Waals surface area (Å²) in [6.07, 6.45) is 3.14. The van der Waals surface area contributed by atoms with E-state index in [1.807, 2.05) is 24.3 Å². The lowest BCUT2D eigenvalue weighted by atomic mass is 10.1. The summed E-state index contributed by atoms with van der Waals surface area (Å²) in [7, 11) is 0. The molecule has 94 valence electrons. The molecule has 1 amide bonds. The highest BCUT2D eigenvalue weighted by Crippen LogP contribution is 2.30. The summed E-state index contributed by atoms with van der Waals surface area (Å²) < 4.78 is 0. The molecule has 0 spiro atoms. The van der Waals surface area contributed by atoms with E-state index in [2.05, 4.69) is 15.6 Å². The summed E-state index contributed by atoms with van der Waals surface area (Å²) in [5.41, 5.74) is 1.91. The molecule has 0 atom stereocenters. The number of hydrogen-bond acceptors (Lipinski definition) is 3. The second-order valence-corrected chi connectivity index (χ2v) is 4.85. The number of nitrogens with one attached hydrogen (secondary N) is 2. The summed E-state index contributed by atoms with van der Waals surface area (Å²) in [4.78, 5) is 16.2. The second-order valence-electron chi connectivity index (χ2n) is 4.85. The van der Waals surface area contributed by atoms with E-state index < -0.39 is 0 Å². The Morgan fingerprint density at radius 2 is 2.28 bits per heavy atom. The number of benzene rings is 1. The molecule has 18 heavy (non-hydrogen) atoms. The Balaban J connectivity index is 1.75. The van der Waals surface area contributed by atoms with Crippen molar-refractivity contribution >= 4 is 17.4 Å². The third-order valence-corrected chi connectivity index (χ3v) is 3.25. The van der Waals surface area contributed by atoms with Crippen LogP contribution in [0.5, 0.6) is 0 Å². The van der Waals surface area contributed by atoms with E-state index in [1.165, 1.54) is 0 Å². The van der Waals surface area contributed by atoms with Gasteiger partial charge < -0.3 is 10.6 Å². The molecule has 0 saturated heterocycles. The average molecular weight is 243 g/mol. The second kappa shape index (κ2) is 4.80. The molecule has 2 aliphatic rings. The van der Waals surface area contributed by atoms with Gasteiger partial charge in [0.05, 0.1) is 0 Å². The third-order valence-electron chi connectivity index (χ3n) is 3.25. The highest BCUT2D eigenvalue weighted by molar-refractivity contribution is 6.01. The molecule has 1 aliphatic heterocycles. The molecular weight excluding hydrogens is 226 g/mol. The number of amidine groups is 1. The van der Waals surface area contributed by atoms with Crippen molar-refractivity contribution in [3.05, 3.63) is 29.8 Å². The van der Waals surface area contributed by atoms with Gasteiger partial charge in [0, 0.05) is 30.3 Å². The zero-order valence-electron chi connectivity index (χ0n) is 10.3. The van der Waals surface area contributed by atoms with Crippen LogP contribution < -0.4 is 10.6 Å². The Bertz CT molecular complexity index is 492. The standard InChI is InChI=1S/C14H17N3O/c18-14(10-5-6-10)17-12-4-1-3-11(9-12)13-15-7-2-8-16-13/h1,3-4,9-10H,2,5-8H2,(H,15,16)(H,17,18). The smallest absolute Gasteiger partial charge is 0.227 e. The first-order valence-electron chi connectivity index (χ1n) is 6.52. The highest BCUT2D eigenvalue weighted by atomic mass is 16.2. The van der Waals surface area contributed by atoms with Gasteiger partial charge in [0.2, 0.25) is 5.91 Å². The normalized spacial score (nSPS) is 18.8. The van der Waals surface area contributed by atoms with Gasteiger partial charge in [-0.25, -0.2) is 0 Å². The average Bonchev–Trinajstić information content (AvgIpc) is 3.24. The molecule has 1 aromatic rings. The zero-order valence-corrected chi connectivity index (χ0v) is 10.3. The van der Waals surface area contributed by atoms with Crippen LogP contribution in [0.2, 0.25) is 0 Å². The quantitative estimate of drug-likeness (QED) is 0.850. The molecule has 0 bridgehead atoms. The maximum Gasteiger partial charge on any atom is 0.227 e. The molecule has 3 rings (SSSR count). The van der Waals surface area contributed by atoms with Crippen LogP contribution in [0.4, 0.5) is 5.69 Å². The lowest BCUT2D eigenvalue weighted by molar-refractivity contribution is -0.117. The lowest BCUT2D eigenvalue weighted by Gasteiger charge is -2.15. The number of carbonyl (C=O) groups is 1. The van der Waals surface area contributed by atoms with Crippen molar-refractivity contribution < 1.29 is 4.79 Å². The van der Waals surface area contributed by atoms with E-state index in [-0.39, 0.29) is 11.8 Å². The van der Waals surface area contributed by atoms with E-state index in [9.17, 15) is 4.79 Å². The van der Waals surface area contributed by atoms with Crippen LogP contribution >= 0.6 is 0 Å². The number of hydrogen-bond donors (Lipinski definition) is 2. The van der Waals surface area contributed by atoms with Crippen molar-refractivity contribution in [3.8, 4) is 0 Å². The summed E-state index contributed by atoms with van der Waals surface area (Å²) in [5, 5.41) is 6.25. The van der Waals surface area contributed by atoms with Gasteiger partial charge >= 0.3 is 0 Å². The molecule has 1 aliphatic carbocycles. The molecule has 4 nitrogen and oxygen atoms in total. The van der Waals surface area contributed by atoms with Crippen LogP contribution in [0, 0.1) is 5.92 Å². The Hall–Kier alpha value is -1.84. The fourth-order valence-electron chi connectivity index (χ4n) is 2.06. The van der Waals surface area contributed by atoms with Gasteiger partial charge in [-0.15, -0.1) is 0 Å². The number of amides is 1. The van der Waals surface area contributed by atoms with Crippen molar-refractivity contribution in [2.45, 2.75) is 19.3 Å². The Morgan fingerprint density at radius 1 is 1.39 bits per heavy atom. The molecule has 0 aromatic heterocycles. The van der Waals surface area contributed by atoms with Crippen molar-refractivity contribution in [3.63, 3.8) is 0 Å². The predicted octanol–water partition coefficient (Wildman–Crippen LogP) is 1.77. The van der Waals surface area contributed by atoms with Crippen LogP contribution in [0.1, 0.15) is 24.8 Å². The van der Waals surface area contributed by atoms with Crippen molar-refractivity contribution in [2.75, 3.05) is 18.4 Å². The Morgan fingerprint density at radius 3 is 3.00 bits per heavy atom. The van der Waals surface area contributed by atoms with E-state index in [0.29, 0.717) is 0 Å². The van der Waals surface area contributed by atoms with Crippen LogP contribution in [-0.2, 0) is 4.79 Å². The zero-order chi connectivity index (χ0) is 12.4. The van der Waals surface area contributed by atoms with E-state index in [0.717, 1.165) is 49.4 Å². The largest absolute Gasteiger partial charge is 0.370 e. The van der Waals surface area contributed by atoms with Gasteiger partial charge in [-0.1, -0.05) is 12.1 Å². The van der Waals surface area contributed by atoms with Crippen molar-refractivity contribution in [1.29, 1.82) is 0 Å². The van der Waals surface area contributed by atoms with Crippen LogP contribution in [0.15, 0.2) is 29.3 Å². The molecule has 4 heteroatoms. The fourth-order valence-corrected chi connectivity index (χ4v) is 2.06. The number of carbonyl (C=O) groups excluding carboxylic acids is 1. The van der Waals surface area contributed by atoms with Gasteiger partial charge in [-0.05, 0) is 31.4 Å². The van der Waals surface area contributed by atoms with Crippen LogP contribution in [0.25, 0.3) is 0 Å². The fraction of sp³-hybridized carbons (Fsp3) is 0.429. The molecular formula is C14H17N3O. The van der Waals surface area contributed by atoms with Gasteiger partial charge in [0.25, 0.3) is 0 Å². The third kappa shape index (κ3) is 2.53. The summed E-state index contributed by atoms with van der Waals surface area (Å²) in [6, 6.07) is 7.88. The number of aliphatic imine (C=N–C) groups is 1. The maximum atomic E-state index is 11.7. The summed E-state index contributed by atoms with van der Waals surface area (Å²) in [5.74, 6) is 1.31.